The lowest BCUT2D eigenvalue weighted by atomic mass is 9.93. The van der Waals surface area contributed by atoms with E-state index < -0.39 is 17.7 Å². The van der Waals surface area contributed by atoms with Crippen LogP contribution in [0.3, 0.4) is 0 Å². The lowest BCUT2D eigenvalue weighted by molar-refractivity contribution is -0.143. The van der Waals surface area contributed by atoms with E-state index in [-0.39, 0.29) is 24.5 Å². The molecule has 0 unspecified atom stereocenters. The van der Waals surface area contributed by atoms with E-state index in [9.17, 15) is 24.4 Å². The van der Waals surface area contributed by atoms with Crippen molar-refractivity contribution in [1.29, 1.82) is 5.26 Å². The van der Waals surface area contributed by atoms with Gasteiger partial charge >= 0.3 is 12.0 Å². The zero-order valence-corrected chi connectivity index (χ0v) is 22.3. The third-order valence-electron chi connectivity index (χ3n) is 6.73. The molecule has 0 bridgehead atoms. The molecule has 0 atom stereocenters. The fraction of sp³-hybridized carbons (Fsp3) is 0.300. The molecule has 1 saturated heterocycles. The first-order valence-corrected chi connectivity index (χ1v) is 13.2. The first-order valence-electron chi connectivity index (χ1n) is 13.2. The Morgan fingerprint density at radius 1 is 1.05 bits per heavy atom. The number of nitrogens with one attached hydrogen (secondary N) is 3. The number of carbonyl (C=O) groups excluding carboxylic acids is 4. The topological polar surface area (TPSA) is 144 Å². The zero-order chi connectivity index (χ0) is 28.5. The molecule has 2 aromatic carbocycles. The predicted octanol–water partition coefficient (Wildman–Crippen LogP) is 4.42. The van der Waals surface area contributed by atoms with Gasteiger partial charge in [0.2, 0.25) is 0 Å². The Labute approximate surface area is 232 Å². The van der Waals surface area contributed by atoms with Gasteiger partial charge in [-0.25, -0.2) is 4.79 Å². The zero-order valence-electron chi connectivity index (χ0n) is 22.3. The summed E-state index contributed by atoms with van der Waals surface area (Å²) in [6, 6.07) is 16.4. The molecular formula is C30H31N5O5. The van der Waals surface area contributed by atoms with Crippen molar-refractivity contribution in [3.8, 4) is 6.07 Å². The number of nitriles is 1. The maximum Gasteiger partial charge on any atom is 0.319 e. The number of aromatic nitrogens is 1. The Morgan fingerprint density at radius 3 is 2.50 bits per heavy atom. The predicted molar refractivity (Wildman–Crippen MR) is 150 cm³/mol. The summed E-state index contributed by atoms with van der Waals surface area (Å²) in [6.45, 7) is 3.04. The van der Waals surface area contributed by atoms with Crippen LogP contribution in [0.15, 0.2) is 60.3 Å². The van der Waals surface area contributed by atoms with Gasteiger partial charge in [-0.3, -0.25) is 14.4 Å². The van der Waals surface area contributed by atoms with Crippen molar-refractivity contribution in [1.82, 2.24) is 15.2 Å². The van der Waals surface area contributed by atoms with Gasteiger partial charge in [-0.1, -0.05) is 42.5 Å². The second kappa shape index (κ2) is 13.2. The fourth-order valence-corrected chi connectivity index (χ4v) is 4.72. The molecule has 4 rings (SSSR count). The van der Waals surface area contributed by atoms with E-state index >= 15 is 0 Å². The molecule has 0 spiro atoms. The average molecular weight is 542 g/mol. The molecular weight excluding hydrogens is 510 g/mol. The molecule has 3 N–H and O–H groups in total. The molecule has 0 radical (unpaired) electrons. The monoisotopic (exact) mass is 541 g/mol. The van der Waals surface area contributed by atoms with Gasteiger partial charge < -0.3 is 25.3 Å². The summed E-state index contributed by atoms with van der Waals surface area (Å²) < 4.78 is 4.87. The number of allylic oxidation sites excluding steroid dienone is 1. The SMILES string of the molecule is CCOC(=O)CCCNC(=O)Nc1cccc2c(C(=O)C(=O)N3CCC(=C(C#N)c4ccccc4)CC3)c[nH]c12. The number of likely N-dealkylation sites (tertiary alicyclic amines) is 1. The van der Waals surface area contributed by atoms with Gasteiger partial charge in [0.1, 0.15) is 0 Å². The number of nitrogens with zero attached hydrogens (tertiary/aromatic N) is 2. The second-order valence-corrected chi connectivity index (χ2v) is 9.30. The van der Waals surface area contributed by atoms with Crippen LogP contribution in [0, 0.1) is 11.3 Å². The highest BCUT2D eigenvalue weighted by Gasteiger charge is 2.29. The lowest BCUT2D eigenvalue weighted by Gasteiger charge is -2.28. The molecule has 40 heavy (non-hydrogen) atoms. The number of piperidine rings is 1. The van der Waals surface area contributed by atoms with Gasteiger partial charge in [-0.2, -0.15) is 5.26 Å². The maximum absolute atomic E-state index is 13.2. The Hall–Kier alpha value is -4.91. The number of hydrogen-bond donors (Lipinski definition) is 3. The summed E-state index contributed by atoms with van der Waals surface area (Å²) in [4.78, 5) is 54.6. The Morgan fingerprint density at radius 2 is 1.80 bits per heavy atom. The number of H-pyrrole nitrogens is 1. The number of ketones is 1. The van der Waals surface area contributed by atoms with E-state index in [4.69, 9.17) is 4.74 Å². The summed E-state index contributed by atoms with van der Waals surface area (Å²) in [5, 5.41) is 15.6. The third-order valence-corrected chi connectivity index (χ3v) is 6.73. The van der Waals surface area contributed by atoms with Crippen LogP contribution in [-0.4, -0.2) is 59.8 Å². The summed E-state index contributed by atoms with van der Waals surface area (Å²) in [7, 11) is 0. The molecule has 1 fully saturated rings. The number of ether oxygens (including phenoxy) is 1. The second-order valence-electron chi connectivity index (χ2n) is 9.30. The Balaban J connectivity index is 1.38. The van der Waals surface area contributed by atoms with Crippen LogP contribution in [-0.2, 0) is 14.3 Å². The number of aromatic amines is 1. The van der Waals surface area contributed by atoms with Gasteiger partial charge in [-0.05, 0) is 43.4 Å². The van der Waals surface area contributed by atoms with E-state index in [1.165, 1.54) is 11.1 Å². The van der Waals surface area contributed by atoms with Crippen molar-refractivity contribution >= 4 is 45.9 Å². The number of fused-ring (bicyclic) bond motifs is 1. The number of Topliss-reactive ketones (excluding diaryl/α,β-unsaturated/α-hetero) is 1. The lowest BCUT2D eigenvalue weighted by Crippen LogP contribution is -2.40. The highest BCUT2D eigenvalue weighted by atomic mass is 16.5. The molecule has 2 heterocycles. The third kappa shape index (κ3) is 6.56. The summed E-state index contributed by atoms with van der Waals surface area (Å²) in [5.74, 6) is -1.55. The van der Waals surface area contributed by atoms with Crippen LogP contribution in [0.2, 0.25) is 0 Å². The number of hydrogen-bond acceptors (Lipinski definition) is 6. The smallest absolute Gasteiger partial charge is 0.319 e. The van der Waals surface area contributed by atoms with Gasteiger partial charge in [0.25, 0.3) is 11.7 Å². The largest absolute Gasteiger partial charge is 0.466 e. The number of para-hydroxylation sites is 1. The Bertz CT molecular complexity index is 1480. The maximum atomic E-state index is 13.2. The van der Waals surface area contributed by atoms with Crippen molar-refractivity contribution in [2.75, 3.05) is 31.6 Å². The summed E-state index contributed by atoms with van der Waals surface area (Å²) in [6.07, 6.45) is 3.17. The standard InChI is InChI=1S/C30H31N5O5/c1-2-40-26(36)12-7-15-32-30(39)34-25-11-6-10-22-24(19-33-27(22)25)28(37)29(38)35-16-13-21(14-17-35)23(18-31)20-8-4-3-5-9-20/h3-6,8-11,19,33H,2,7,12-17H2,1H3,(H2,32,34,39). The number of urea groups is 1. The summed E-state index contributed by atoms with van der Waals surface area (Å²) >= 11 is 0. The van der Waals surface area contributed by atoms with E-state index in [1.807, 2.05) is 30.3 Å². The van der Waals surface area contributed by atoms with E-state index in [2.05, 4.69) is 21.7 Å². The first-order chi connectivity index (χ1) is 19.4. The van der Waals surface area contributed by atoms with Crippen LogP contribution in [0.1, 0.15) is 48.5 Å². The Kier molecular flexibility index (Phi) is 9.31. The van der Waals surface area contributed by atoms with Crippen LogP contribution < -0.4 is 10.6 Å². The minimum atomic E-state index is -0.636. The van der Waals surface area contributed by atoms with Crippen molar-refractivity contribution in [2.45, 2.75) is 32.6 Å². The molecule has 10 nitrogen and oxygen atoms in total. The molecule has 0 aliphatic carbocycles. The van der Waals surface area contributed by atoms with E-state index in [1.54, 1.807) is 25.1 Å². The molecule has 1 aliphatic heterocycles. The van der Waals surface area contributed by atoms with Crippen LogP contribution in [0.5, 0.6) is 0 Å². The fourth-order valence-electron chi connectivity index (χ4n) is 4.72. The number of anilines is 1. The van der Waals surface area contributed by atoms with E-state index in [0.717, 1.165) is 11.1 Å². The molecule has 1 aromatic heterocycles. The van der Waals surface area contributed by atoms with Gasteiger partial charge in [0, 0.05) is 37.6 Å². The van der Waals surface area contributed by atoms with Crippen LogP contribution in [0.4, 0.5) is 10.5 Å². The molecule has 206 valence electrons. The average Bonchev–Trinajstić information content (AvgIpc) is 3.41. The quantitative estimate of drug-likeness (QED) is 0.120. The molecule has 3 amide bonds. The van der Waals surface area contributed by atoms with Gasteiger partial charge in [-0.15, -0.1) is 0 Å². The minimum absolute atomic E-state index is 0.209. The van der Waals surface area contributed by atoms with Crippen molar-refractivity contribution < 1.29 is 23.9 Å². The van der Waals surface area contributed by atoms with Gasteiger partial charge in [0.05, 0.1) is 35.0 Å². The molecule has 0 saturated carbocycles. The van der Waals surface area contributed by atoms with Crippen molar-refractivity contribution in [3.05, 3.63) is 71.4 Å². The minimum Gasteiger partial charge on any atom is -0.466 e. The number of amides is 3. The highest BCUT2D eigenvalue weighted by molar-refractivity contribution is 6.45. The normalized spacial score (nSPS) is 12.9. The number of benzene rings is 2. The first kappa shape index (κ1) is 28.1. The summed E-state index contributed by atoms with van der Waals surface area (Å²) in [5.41, 5.74) is 3.65. The molecule has 10 heteroatoms. The van der Waals surface area contributed by atoms with Crippen molar-refractivity contribution in [2.24, 2.45) is 0 Å². The van der Waals surface area contributed by atoms with Crippen LogP contribution >= 0.6 is 0 Å². The van der Waals surface area contributed by atoms with Crippen LogP contribution in [0.25, 0.3) is 16.5 Å². The molecule has 1 aliphatic rings. The molecule has 3 aromatic rings. The number of carbonyl (C=O) groups is 4. The van der Waals surface area contributed by atoms with Crippen molar-refractivity contribution in [3.63, 3.8) is 0 Å². The van der Waals surface area contributed by atoms with E-state index in [0.29, 0.717) is 61.1 Å². The highest BCUT2D eigenvalue weighted by Crippen LogP contribution is 2.29. The van der Waals surface area contributed by atoms with Gasteiger partial charge in [0.15, 0.2) is 0 Å². The number of rotatable bonds is 9. The number of esters is 1.